The summed E-state index contributed by atoms with van der Waals surface area (Å²) in [5, 5.41) is 0.607. The van der Waals surface area contributed by atoms with E-state index in [4.69, 9.17) is 15.0 Å². The fourth-order valence-electron chi connectivity index (χ4n) is 8.69. The lowest BCUT2D eigenvalue weighted by molar-refractivity contribution is -0.144. The van der Waals surface area contributed by atoms with Gasteiger partial charge in [0.1, 0.15) is 5.82 Å². The minimum absolute atomic E-state index is 0.00187. The molecular weight excluding hydrogens is 964 g/mol. The number of hydrogen-bond acceptors (Lipinski definition) is 3. The number of rotatable bonds is 7. The predicted octanol–water partition coefficient (Wildman–Crippen LogP) is 17.2. The monoisotopic (exact) mass is 992 g/mol. The molecule has 0 unspecified atom stereocenters. The molecular formula is C55H29F13N4. The third kappa shape index (κ3) is 9.01. The topological polar surface area (TPSA) is 43.6 Å². The quantitative estimate of drug-likeness (QED) is 0.149. The van der Waals surface area contributed by atoms with Crippen molar-refractivity contribution >= 4 is 21.8 Å². The molecule has 0 spiro atoms. The predicted molar refractivity (Wildman–Crippen MR) is 247 cm³/mol. The highest BCUT2D eigenvalue weighted by Crippen LogP contribution is 2.46. The smallest absolute Gasteiger partial charge is 0.309 e. The zero-order valence-corrected chi connectivity index (χ0v) is 36.4. The van der Waals surface area contributed by atoms with Gasteiger partial charge in [0.15, 0.2) is 17.5 Å². The van der Waals surface area contributed by atoms with Crippen LogP contribution >= 0.6 is 0 Å². The second-order valence-corrected chi connectivity index (χ2v) is 16.6. The number of hydrogen-bond donors (Lipinski definition) is 0. The van der Waals surface area contributed by atoms with Gasteiger partial charge in [-0.3, -0.25) is 0 Å². The minimum Gasteiger partial charge on any atom is -0.309 e. The number of nitrogens with zero attached hydrogens (tertiary/aromatic N) is 4. The molecule has 17 heteroatoms. The van der Waals surface area contributed by atoms with Crippen molar-refractivity contribution in [3.05, 3.63) is 204 Å². The van der Waals surface area contributed by atoms with Crippen LogP contribution in [0.4, 0.5) is 57.1 Å². The van der Waals surface area contributed by atoms with Crippen LogP contribution in [0.1, 0.15) is 22.3 Å². The van der Waals surface area contributed by atoms with E-state index in [2.05, 4.69) is 0 Å². The van der Waals surface area contributed by atoms with Gasteiger partial charge < -0.3 is 4.57 Å². The fraction of sp³-hybridized carbons (Fsp3) is 0.0727. The Labute approximate surface area is 399 Å². The molecule has 4 nitrogen and oxygen atoms in total. The molecule has 0 fully saturated rings. The van der Waals surface area contributed by atoms with E-state index in [1.54, 1.807) is 78.9 Å². The average molecular weight is 993 g/mol. The van der Waals surface area contributed by atoms with Crippen LogP contribution in [0, 0.1) is 5.82 Å². The summed E-state index contributed by atoms with van der Waals surface area (Å²) in [5.74, 6) is 0.0487. The fourth-order valence-corrected chi connectivity index (χ4v) is 8.69. The molecule has 10 rings (SSSR count). The van der Waals surface area contributed by atoms with Gasteiger partial charge >= 0.3 is 24.7 Å². The van der Waals surface area contributed by atoms with Crippen molar-refractivity contribution in [3.63, 3.8) is 0 Å². The SMILES string of the molecule is Fc1ccc(-c2ccc(-c3nc(-c4ccccc4)nc(-c4ccccc4)n3)cc2-n2c3cc(-c4ccc(C(F)(F)F)cc4C(F)(F)F)ccc3c3ccc(-c4ccc(C(F)(F)F)cc4C(F)(F)F)cc32)cc1. The zero-order valence-electron chi connectivity index (χ0n) is 36.4. The molecule has 0 aliphatic heterocycles. The van der Waals surface area contributed by atoms with Crippen LogP contribution in [0.5, 0.6) is 0 Å². The van der Waals surface area contributed by atoms with Gasteiger partial charge in [-0.25, -0.2) is 19.3 Å². The van der Waals surface area contributed by atoms with Crippen molar-refractivity contribution < 1.29 is 57.1 Å². The molecule has 0 aliphatic carbocycles. The van der Waals surface area contributed by atoms with E-state index in [1.165, 1.54) is 65.2 Å². The van der Waals surface area contributed by atoms with Crippen molar-refractivity contribution in [3.8, 4) is 73.2 Å². The molecule has 360 valence electrons. The van der Waals surface area contributed by atoms with Crippen LogP contribution in [0.3, 0.4) is 0 Å². The Hall–Kier alpha value is -8.34. The summed E-state index contributed by atoms with van der Waals surface area (Å²) in [7, 11) is 0. The summed E-state index contributed by atoms with van der Waals surface area (Å²) < 4.78 is 187. The number of halogens is 13. The number of benzene rings is 8. The van der Waals surface area contributed by atoms with Crippen LogP contribution in [-0.4, -0.2) is 19.5 Å². The summed E-state index contributed by atoms with van der Waals surface area (Å²) in [5.41, 5.74) is -5.31. The van der Waals surface area contributed by atoms with Gasteiger partial charge in [0, 0.05) is 33.0 Å². The first-order chi connectivity index (χ1) is 34.1. The Morgan fingerprint density at radius 1 is 0.319 bits per heavy atom. The van der Waals surface area contributed by atoms with Crippen molar-refractivity contribution in [2.45, 2.75) is 24.7 Å². The Morgan fingerprint density at radius 3 is 1.12 bits per heavy atom. The maximum absolute atomic E-state index is 14.7. The third-order valence-electron chi connectivity index (χ3n) is 12.0. The van der Waals surface area contributed by atoms with Crippen LogP contribution in [0.25, 0.3) is 95.0 Å². The van der Waals surface area contributed by atoms with E-state index in [0.29, 0.717) is 62.9 Å². The van der Waals surface area contributed by atoms with E-state index >= 15 is 0 Å². The van der Waals surface area contributed by atoms with E-state index in [0.717, 1.165) is 0 Å². The Bertz CT molecular complexity index is 3500. The molecule has 0 atom stereocenters. The van der Waals surface area contributed by atoms with Gasteiger partial charge in [0.25, 0.3) is 0 Å². The van der Waals surface area contributed by atoms with Gasteiger partial charge in [0.05, 0.1) is 39.0 Å². The van der Waals surface area contributed by atoms with Crippen molar-refractivity contribution in [1.82, 2.24) is 19.5 Å². The Kier molecular flexibility index (Phi) is 11.5. The lowest BCUT2D eigenvalue weighted by Crippen LogP contribution is -2.12. The minimum atomic E-state index is -5.28. The lowest BCUT2D eigenvalue weighted by Gasteiger charge is -2.18. The first kappa shape index (κ1) is 47.3. The van der Waals surface area contributed by atoms with Gasteiger partial charge in [-0.2, -0.15) is 52.7 Å². The van der Waals surface area contributed by atoms with Crippen LogP contribution in [-0.2, 0) is 24.7 Å². The Balaban J connectivity index is 1.31. The highest BCUT2D eigenvalue weighted by Gasteiger charge is 2.40. The summed E-state index contributed by atoms with van der Waals surface area (Å²) >= 11 is 0. The van der Waals surface area contributed by atoms with Crippen LogP contribution in [0.15, 0.2) is 176 Å². The molecule has 0 amide bonds. The first-order valence-electron chi connectivity index (χ1n) is 21.6. The normalized spacial score (nSPS) is 12.5. The summed E-state index contributed by atoms with van der Waals surface area (Å²) in [4.78, 5) is 14.4. The van der Waals surface area contributed by atoms with Crippen LogP contribution < -0.4 is 0 Å². The average Bonchev–Trinajstić information content (AvgIpc) is 3.68. The molecule has 0 saturated heterocycles. The van der Waals surface area contributed by atoms with E-state index < -0.39 is 63.9 Å². The standard InChI is InChI=1S/C55H29F13N4/c56-38-18-11-30(12-19-38)41-20-15-35(51-70-49(31-7-3-1-4-8-31)69-50(71-51)32-9-5-2-6-10-32)27-46(41)72-47-25-33(39-23-16-36(52(57,58)59)28-44(39)54(63,64)65)13-21-42(47)43-22-14-34(26-48(43)72)40-24-17-37(53(60,61)62)29-45(40)55(66,67)68/h1-29H. The molecule has 0 bridgehead atoms. The van der Waals surface area contributed by atoms with Gasteiger partial charge in [-0.1, -0.05) is 121 Å². The van der Waals surface area contributed by atoms with Gasteiger partial charge in [0.2, 0.25) is 0 Å². The molecule has 0 N–H and O–H groups in total. The summed E-state index contributed by atoms with van der Waals surface area (Å²) in [6.45, 7) is 0. The van der Waals surface area contributed by atoms with Crippen molar-refractivity contribution in [2.24, 2.45) is 0 Å². The molecule has 10 aromatic rings. The van der Waals surface area contributed by atoms with E-state index in [9.17, 15) is 57.1 Å². The maximum Gasteiger partial charge on any atom is 0.417 e. The maximum atomic E-state index is 14.7. The zero-order chi connectivity index (χ0) is 50.9. The Morgan fingerprint density at radius 2 is 0.708 bits per heavy atom. The number of aromatic nitrogens is 4. The highest BCUT2D eigenvalue weighted by atomic mass is 19.4. The molecule has 0 saturated carbocycles. The third-order valence-corrected chi connectivity index (χ3v) is 12.0. The van der Waals surface area contributed by atoms with Gasteiger partial charge in [-0.05, 0) is 82.4 Å². The summed E-state index contributed by atoms with van der Waals surface area (Å²) in [6, 6.07) is 38.3. The second kappa shape index (κ2) is 17.5. The van der Waals surface area contributed by atoms with Crippen molar-refractivity contribution in [2.75, 3.05) is 0 Å². The largest absolute Gasteiger partial charge is 0.417 e. The number of fused-ring (bicyclic) bond motifs is 3. The molecule has 0 aliphatic rings. The van der Waals surface area contributed by atoms with E-state index in [1.807, 2.05) is 0 Å². The molecule has 8 aromatic carbocycles. The molecule has 2 aromatic heterocycles. The number of alkyl halides is 12. The molecule has 2 heterocycles. The summed E-state index contributed by atoms with van der Waals surface area (Å²) in [6.07, 6.45) is -20.8. The van der Waals surface area contributed by atoms with Gasteiger partial charge in [-0.15, -0.1) is 0 Å². The highest BCUT2D eigenvalue weighted by molar-refractivity contribution is 6.12. The first-order valence-corrected chi connectivity index (χ1v) is 21.6. The van der Waals surface area contributed by atoms with Crippen molar-refractivity contribution in [1.29, 1.82) is 0 Å². The second-order valence-electron chi connectivity index (χ2n) is 16.6. The lowest BCUT2D eigenvalue weighted by atomic mass is 9.95. The molecule has 72 heavy (non-hydrogen) atoms. The molecule has 0 radical (unpaired) electrons. The van der Waals surface area contributed by atoms with E-state index in [-0.39, 0.29) is 57.5 Å². The van der Waals surface area contributed by atoms with Crippen LogP contribution in [0.2, 0.25) is 0 Å².